The molecule has 0 aromatic carbocycles. The summed E-state index contributed by atoms with van der Waals surface area (Å²) in [6, 6.07) is 0. The molecule has 0 aliphatic carbocycles. The number of nitrogens with one attached hydrogen (secondary N) is 1. The van der Waals surface area contributed by atoms with Gasteiger partial charge in [0.25, 0.3) is 0 Å². The maximum Gasteiger partial charge on any atom is 0.221 e. The van der Waals surface area contributed by atoms with Crippen LogP contribution in [0.3, 0.4) is 0 Å². The quantitative estimate of drug-likeness (QED) is 0.563. The summed E-state index contributed by atoms with van der Waals surface area (Å²) in [7, 11) is 0. The van der Waals surface area contributed by atoms with E-state index in [9.17, 15) is 4.79 Å². The predicted molar refractivity (Wildman–Crippen MR) is 61.6 cm³/mol. The van der Waals surface area contributed by atoms with Gasteiger partial charge in [0.1, 0.15) is 0 Å². The van der Waals surface area contributed by atoms with Crippen LogP contribution < -0.4 is 11.1 Å². The zero-order chi connectivity index (χ0) is 11.7. The molecule has 0 fully saturated rings. The van der Waals surface area contributed by atoms with Crippen molar-refractivity contribution in [3.05, 3.63) is 0 Å². The van der Waals surface area contributed by atoms with E-state index in [1.54, 1.807) is 0 Å². The largest absolute Gasteiger partial charge is 0.379 e. The Balaban J connectivity index is 3.15. The average Bonchev–Trinajstić information content (AvgIpc) is 2.15. The number of rotatable bonds is 9. The molecule has 4 heteroatoms. The number of nitrogens with two attached hydrogens (primary N) is 1. The van der Waals surface area contributed by atoms with Crippen molar-refractivity contribution < 1.29 is 9.53 Å². The summed E-state index contributed by atoms with van der Waals surface area (Å²) in [6.45, 7) is 8.29. The van der Waals surface area contributed by atoms with Crippen LogP contribution in [0.15, 0.2) is 0 Å². The highest BCUT2D eigenvalue weighted by Gasteiger charge is 2.06. The van der Waals surface area contributed by atoms with E-state index in [-0.39, 0.29) is 11.8 Å². The lowest BCUT2D eigenvalue weighted by Gasteiger charge is -2.09. The topological polar surface area (TPSA) is 64.3 Å². The molecule has 0 aliphatic heterocycles. The molecule has 15 heavy (non-hydrogen) atoms. The SMILES string of the molecule is CC(C)OCCCCNCC(C)C(N)=O. The molecule has 1 unspecified atom stereocenters. The Labute approximate surface area is 92.6 Å². The molecule has 0 spiro atoms. The number of carbonyl (C=O) groups excluding carboxylic acids is 1. The lowest BCUT2D eigenvalue weighted by Crippen LogP contribution is -2.31. The molecule has 0 radical (unpaired) electrons. The van der Waals surface area contributed by atoms with Gasteiger partial charge in [-0.3, -0.25) is 4.79 Å². The molecule has 90 valence electrons. The van der Waals surface area contributed by atoms with Crippen LogP contribution in [0.2, 0.25) is 0 Å². The van der Waals surface area contributed by atoms with Crippen molar-refractivity contribution in [1.82, 2.24) is 5.32 Å². The summed E-state index contributed by atoms with van der Waals surface area (Å²) >= 11 is 0. The number of ether oxygens (including phenoxy) is 1. The standard InChI is InChI=1S/C11H24N2O2/c1-9(2)15-7-5-4-6-13-8-10(3)11(12)14/h9-10,13H,4-8H2,1-3H3,(H2,12,14). The predicted octanol–water partition coefficient (Wildman–Crippen LogP) is 0.903. The first-order valence-corrected chi connectivity index (χ1v) is 5.65. The molecule has 0 saturated heterocycles. The second-order valence-corrected chi connectivity index (χ2v) is 4.13. The first-order chi connectivity index (χ1) is 7.04. The highest BCUT2D eigenvalue weighted by Crippen LogP contribution is 1.94. The fraction of sp³-hybridized carbons (Fsp3) is 0.909. The van der Waals surface area contributed by atoms with E-state index in [0.29, 0.717) is 12.6 Å². The molecule has 0 aliphatic rings. The second-order valence-electron chi connectivity index (χ2n) is 4.13. The van der Waals surface area contributed by atoms with Crippen LogP contribution in [0.1, 0.15) is 33.6 Å². The Morgan fingerprint density at radius 3 is 2.53 bits per heavy atom. The van der Waals surface area contributed by atoms with Gasteiger partial charge >= 0.3 is 0 Å². The molecule has 0 aromatic rings. The Kier molecular flexibility index (Phi) is 8.33. The van der Waals surface area contributed by atoms with E-state index >= 15 is 0 Å². The lowest BCUT2D eigenvalue weighted by atomic mass is 10.2. The fourth-order valence-corrected chi connectivity index (χ4v) is 1.09. The summed E-state index contributed by atoms with van der Waals surface area (Å²) in [5, 5.41) is 3.20. The molecule has 0 heterocycles. The van der Waals surface area contributed by atoms with Crippen molar-refractivity contribution in [3.63, 3.8) is 0 Å². The highest BCUT2D eigenvalue weighted by atomic mass is 16.5. The Hall–Kier alpha value is -0.610. The molecule has 1 amide bonds. The Morgan fingerprint density at radius 1 is 1.33 bits per heavy atom. The molecular formula is C11H24N2O2. The van der Waals surface area contributed by atoms with Crippen LogP contribution in [-0.2, 0) is 9.53 Å². The summed E-state index contributed by atoms with van der Waals surface area (Å²) < 4.78 is 5.41. The van der Waals surface area contributed by atoms with Gasteiger partial charge < -0.3 is 15.8 Å². The highest BCUT2D eigenvalue weighted by molar-refractivity contribution is 5.76. The van der Waals surface area contributed by atoms with E-state index in [0.717, 1.165) is 26.0 Å². The monoisotopic (exact) mass is 216 g/mol. The summed E-state index contributed by atoms with van der Waals surface area (Å²) in [6.07, 6.45) is 2.43. The molecule has 3 N–H and O–H groups in total. The fourth-order valence-electron chi connectivity index (χ4n) is 1.09. The smallest absolute Gasteiger partial charge is 0.221 e. The van der Waals surface area contributed by atoms with Crippen molar-refractivity contribution in [1.29, 1.82) is 0 Å². The molecule has 0 bridgehead atoms. The van der Waals surface area contributed by atoms with Gasteiger partial charge in [0.2, 0.25) is 5.91 Å². The van der Waals surface area contributed by atoms with E-state index in [1.165, 1.54) is 0 Å². The molecule has 1 atom stereocenters. The van der Waals surface area contributed by atoms with E-state index in [1.807, 2.05) is 20.8 Å². The summed E-state index contributed by atoms with van der Waals surface area (Å²) in [5.74, 6) is -0.331. The van der Waals surface area contributed by atoms with Crippen LogP contribution in [0.5, 0.6) is 0 Å². The molecule has 4 nitrogen and oxygen atoms in total. The van der Waals surface area contributed by atoms with Crippen LogP contribution in [0.25, 0.3) is 0 Å². The third-order valence-corrected chi connectivity index (χ3v) is 2.14. The zero-order valence-corrected chi connectivity index (χ0v) is 10.1. The minimum absolute atomic E-state index is 0.0862. The zero-order valence-electron chi connectivity index (χ0n) is 10.1. The maximum atomic E-state index is 10.7. The number of hydrogen-bond donors (Lipinski definition) is 2. The lowest BCUT2D eigenvalue weighted by molar-refractivity contribution is -0.121. The van der Waals surface area contributed by atoms with Crippen molar-refractivity contribution in [2.45, 2.75) is 39.7 Å². The van der Waals surface area contributed by atoms with Gasteiger partial charge in [-0.25, -0.2) is 0 Å². The van der Waals surface area contributed by atoms with E-state index in [2.05, 4.69) is 5.32 Å². The van der Waals surface area contributed by atoms with Crippen LogP contribution in [0.4, 0.5) is 0 Å². The van der Waals surface area contributed by atoms with Gasteiger partial charge in [-0.15, -0.1) is 0 Å². The van der Waals surface area contributed by atoms with Crippen LogP contribution >= 0.6 is 0 Å². The minimum atomic E-state index is -0.245. The normalized spacial score (nSPS) is 13.1. The van der Waals surface area contributed by atoms with Gasteiger partial charge in [0.05, 0.1) is 6.10 Å². The first kappa shape index (κ1) is 14.4. The van der Waals surface area contributed by atoms with E-state index in [4.69, 9.17) is 10.5 Å². The van der Waals surface area contributed by atoms with Crippen molar-refractivity contribution >= 4 is 5.91 Å². The molecule has 0 aromatic heterocycles. The van der Waals surface area contributed by atoms with Crippen molar-refractivity contribution in [2.24, 2.45) is 11.7 Å². The number of hydrogen-bond acceptors (Lipinski definition) is 3. The van der Waals surface area contributed by atoms with Gasteiger partial charge in [0, 0.05) is 19.1 Å². The van der Waals surface area contributed by atoms with Gasteiger partial charge in [-0.2, -0.15) is 0 Å². The maximum absolute atomic E-state index is 10.7. The van der Waals surface area contributed by atoms with Crippen molar-refractivity contribution in [2.75, 3.05) is 19.7 Å². The summed E-state index contributed by atoms with van der Waals surface area (Å²) in [4.78, 5) is 10.7. The Bertz CT molecular complexity index is 172. The average molecular weight is 216 g/mol. The van der Waals surface area contributed by atoms with E-state index < -0.39 is 0 Å². The first-order valence-electron chi connectivity index (χ1n) is 5.65. The Morgan fingerprint density at radius 2 is 2.00 bits per heavy atom. The summed E-state index contributed by atoms with van der Waals surface area (Å²) in [5.41, 5.74) is 5.13. The molecular weight excluding hydrogens is 192 g/mol. The number of unbranched alkanes of at least 4 members (excludes halogenated alkanes) is 1. The third kappa shape index (κ3) is 9.69. The number of primary amides is 1. The van der Waals surface area contributed by atoms with Crippen LogP contribution in [0, 0.1) is 5.92 Å². The van der Waals surface area contributed by atoms with Crippen LogP contribution in [-0.4, -0.2) is 31.7 Å². The van der Waals surface area contributed by atoms with Crippen molar-refractivity contribution in [3.8, 4) is 0 Å². The third-order valence-electron chi connectivity index (χ3n) is 2.14. The second kappa shape index (κ2) is 8.68. The molecule has 0 saturated carbocycles. The van der Waals surface area contributed by atoms with Gasteiger partial charge in [0.15, 0.2) is 0 Å². The minimum Gasteiger partial charge on any atom is -0.379 e. The van der Waals surface area contributed by atoms with Gasteiger partial charge in [-0.1, -0.05) is 6.92 Å². The van der Waals surface area contributed by atoms with Gasteiger partial charge in [-0.05, 0) is 33.2 Å². The number of carbonyl (C=O) groups is 1. The molecule has 0 rings (SSSR count). The number of amides is 1.